The smallest absolute Gasteiger partial charge is 0.237 e. The van der Waals surface area contributed by atoms with Gasteiger partial charge in [0.05, 0.1) is 12.5 Å². The summed E-state index contributed by atoms with van der Waals surface area (Å²) >= 11 is 0. The third kappa shape index (κ3) is 5.31. The van der Waals surface area contributed by atoms with Crippen molar-refractivity contribution >= 4 is 11.8 Å². The molecular formula is C21H31N3O2. The van der Waals surface area contributed by atoms with E-state index in [1.807, 2.05) is 6.07 Å². The fourth-order valence-electron chi connectivity index (χ4n) is 4.19. The Morgan fingerprint density at radius 1 is 1.15 bits per heavy atom. The van der Waals surface area contributed by atoms with Gasteiger partial charge in [-0.3, -0.25) is 14.5 Å². The molecule has 5 heteroatoms. The number of nitrogens with zero attached hydrogens (tertiary/aromatic N) is 1. The lowest BCUT2D eigenvalue weighted by atomic mass is 10.0. The Hall–Kier alpha value is -1.88. The number of amides is 2. The number of aryl methyl sites for hydroxylation is 1. The third-order valence-electron chi connectivity index (χ3n) is 5.60. The molecule has 2 amide bonds. The molecule has 1 aliphatic carbocycles. The molecule has 0 radical (unpaired) electrons. The van der Waals surface area contributed by atoms with Crippen molar-refractivity contribution in [3.05, 3.63) is 35.9 Å². The predicted octanol–water partition coefficient (Wildman–Crippen LogP) is 2.26. The zero-order valence-corrected chi connectivity index (χ0v) is 15.6. The van der Waals surface area contributed by atoms with Crippen LogP contribution in [0.4, 0.5) is 0 Å². The van der Waals surface area contributed by atoms with Crippen LogP contribution >= 0.6 is 0 Å². The van der Waals surface area contributed by atoms with E-state index in [1.54, 1.807) is 0 Å². The first-order chi connectivity index (χ1) is 12.7. The van der Waals surface area contributed by atoms with E-state index >= 15 is 0 Å². The highest BCUT2D eigenvalue weighted by Gasteiger charge is 2.36. The Bertz CT molecular complexity index is 584. The summed E-state index contributed by atoms with van der Waals surface area (Å²) in [5.41, 5.74) is 1.34. The lowest BCUT2D eigenvalue weighted by Crippen LogP contribution is -2.59. The van der Waals surface area contributed by atoms with Crippen molar-refractivity contribution in [3.63, 3.8) is 0 Å². The molecule has 26 heavy (non-hydrogen) atoms. The molecule has 3 rings (SSSR count). The normalized spacial score (nSPS) is 21.5. The van der Waals surface area contributed by atoms with E-state index in [-0.39, 0.29) is 24.3 Å². The van der Waals surface area contributed by atoms with Crippen molar-refractivity contribution in [3.8, 4) is 0 Å². The second-order valence-electron chi connectivity index (χ2n) is 7.48. The van der Waals surface area contributed by atoms with Gasteiger partial charge in [0.2, 0.25) is 11.8 Å². The Labute approximate surface area is 156 Å². The van der Waals surface area contributed by atoms with Crippen LogP contribution in [0.1, 0.15) is 50.5 Å². The van der Waals surface area contributed by atoms with Gasteiger partial charge >= 0.3 is 0 Å². The minimum atomic E-state index is -0.295. The fourth-order valence-corrected chi connectivity index (χ4v) is 4.19. The van der Waals surface area contributed by atoms with Gasteiger partial charge < -0.3 is 10.6 Å². The maximum Gasteiger partial charge on any atom is 0.237 e. The molecule has 0 spiro atoms. The molecular weight excluding hydrogens is 326 g/mol. The molecule has 1 heterocycles. The van der Waals surface area contributed by atoms with Gasteiger partial charge in [0.25, 0.3) is 0 Å². The van der Waals surface area contributed by atoms with Crippen molar-refractivity contribution < 1.29 is 9.59 Å². The second kappa shape index (κ2) is 9.72. The Morgan fingerprint density at radius 2 is 1.92 bits per heavy atom. The van der Waals surface area contributed by atoms with Crippen LogP contribution in [-0.2, 0) is 16.0 Å². The Kier molecular flexibility index (Phi) is 7.06. The Balaban J connectivity index is 1.39. The van der Waals surface area contributed by atoms with E-state index in [1.165, 1.54) is 18.4 Å². The van der Waals surface area contributed by atoms with Crippen molar-refractivity contribution in [1.29, 1.82) is 0 Å². The zero-order valence-electron chi connectivity index (χ0n) is 15.6. The number of rotatable bonds is 8. The first-order valence-corrected chi connectivity index (χ1v) is 10.1. The number of benzene rings is 1. The number of unbranched alkanes of at least 4 members (excludes halogenated alkanes) is 1. The predicted molar refractivity (Wildman–Crippen MR) is 103 cm³/mol. The van der Waals surface area contributed by atoms with E-state index in [4.69, 9.17) is 0 Å². The van der Waals surface area contributed by atoms with Crippen molar-refractivity contribution in [2.24, 2.45) is 0 Å². The van der Waals surface area contributed by atoms with Gasteiger partial charge in [-0.2, -0.15) is 0 Å². The molecule has 1 saturated heterocycles. The van der Waals surface area contributed by atoms with E-state index in [2.05, 4.69) is 39.8 Å². The molecule has 142 valence electrons. The van der Waals surface area contributed by atoms with Crippen LogP contribution in [-0.4, -0.2) is 48.4 Å². The van der Waals surface area contributed by atoms with Gasteiger partial charge in [-0.1, -0.05) is 43.2 Å². The molecule has 2 fully saturated rings. The largest absolute Gasteiger partial charge is 0.356 e. The fraction of sp³-hybridized carbons (Fsp3) is 0.619. The zero-order chi connectivity index (χ0) is 18.2. The number of carbonyl (C=O) groups excluding carboxylic acids is 2. The second-order valence-corrected chi connectivity index (χ2v) is 7.48. The highest BCUT2D eigenvalue weighted by Crippen LogP contribution is 2.26. The van der Waals surface area contributed by atoms with E-state index in [0.29, 0.717) is 19.1 Å². The summed E-state index contributed by atoms with van der Waals surface area (Å²) in [6.07, 6.45) is 8.13. The highest BCUT2D eigenvalue weighted by atomic mass is 16.2. The minimum absolute atomic E-state index is 0.00485. The number of hydrogen-bond donors (Lipinski definition) is 2. The average Bonchev–Trinajstić information content (AvgIpc) is 3.18. The molecule has 1 saturated carbocycles. The van der Waals surface area contributed by atoms with Crippen molar-refractivity contribution in [2.75, 3.05) is 19.6 Å². The van der Waals surface area contributed by atoms with Gasteiger partial charge in [0.1, 0.15) is 0 Å². The van der Waals surface area contributed by atoms with Crippen molar-refractivity contribution in [2.45, 2.75) is 63.5 Å². The molecule has 1 unspecified atom stereocenters. The maximum absolute atomic E-state index is 12.3. The molecule has 2 N–H and O–H groups in total. The standard InChI is InChI=1S/C21H31N3O2/c25-20(22-13-7-6-10-17-8-2-1-3-9-17)16-19-21(26)23-14-15-24(19)18-11-4-5-12-18/h1-3,8-9,18-19H,4-7,10-16H2,(H,22,25)(H,23,26). The monoisotopic (exact) mass is 357 g/mol. The van der Waals surface area contributed by atoms with E-state index < -0.39 is 0 Å². The molecule has 5 nitrogen and oxygen atoms in total. The molecule has 0 bridgehead atoms. The van der Waals surface area contributed by atoms with Crippen LogP contribution in [0.3, 0.4) is 0 Å². The molecule has 1 atom stereocenters. The molecule has 0 aromatic heterocycles. The highest BCUT2D eigenvalue weighted by molar-refractivity contribution is 5.88. The summed E-state index contributed by atoms with van der Waals surface area (Å²) in [5, 5.41) is 5.93. The van der Waals surface area contributed by atoms with Crippen LogP contribution in [0.25, 0.3) is 0 Å². The van der Waals surface area contributed by atoms with Gasteiger partial charge in [-0.15, -0.1) is 0 Å². The first kappa shape index (κ1) is 18.9. The minimum Gasteiger partial charge on any atom is -0.356 e. The molecule has 2 aliphatic rings. The number of hydrogen-bond acceptors (Lipinski definition) is 3. The van der Waals surface area contributed by atoms with E-state index in [9.17, 15) is 9.59 Å². The molecule has 1 aromatic rings. The summed E-state index contributed by atoms with van der Waals surface area (Å²) in [7, 11) is 0. The summed E-state index contributed by atoms with van der Waals surface area (Å²) < 4.78 is 0. The Morgan fingerprint density at radius 3 is 2.69 bits per heavy atom. The SMILES string of the molecule is O=C(CC1C(=O)NCCN1C1CCCC1)NCCCCc1ccccc1. The number of carbonyl (C=O) groups is 2. The maximum atomic E-state index is 12.3. The quantitative estimate of drug-likeness (QED) is 0.702. The first-order valence-electron chi connectivity index (χ1n) is 10.1. The third-order valence-corrected chi connectivity index (χ3v) is 5.60. The van der Waals surface area contributed by atoms with Gasteiger partial charge in [-0.05, 0) is 37.7 Å². The van der Waals surface area contributed by atoms with Crippen LogP contribution < -0.4 is 10.6 Å². The van der Waals surface area contributed by atoms with E-state index in [0.717, 1.165) is 38.6 Å². The van der Waals surface area contributed by atoms with Crippen molar-refractivity contribution in [1.82, 2.24) is 15.5 Å². The summed E-state index contributed by atoms with van der Waals surface area (Å²) in [6, 6.07) is 10.6. The lowest BCUT2D eigenvalue weighted by Gasteiger charge is -2.38. The van der Waals surface area contributed by atoms with Gasteiger partial charge in [-0.25, -0.2) is 0 Å². The summed E-state index contributed by atoms with van der Waals surface area (Å²) in [6.45, 7) is 2.25. The van der Waals surface area contributed by atoms with Gasteiger partial charge in [0.15, 0.2) is 0 Å². The van der Waals surface area contributed by atoms with Crippen LogP contribution in [0.5, 0.6) is 0 Å². The topological polar surface area (TPSA) is 61.4 Å². The van der Waals surface area contributed by atoms with Crippen LogP contribution in [0.15, 0.2) is 30.3 Å². The summed E-state index contributed by atoms with van der Waals surface area (Å²) in [4.78, 5) is 26.9. The molecule has 1 aromatic carbocycles. The lowest BCUT2D eigenvalue weighted by molar-refractivity contribution is -0.135. The van der Waals surface area contributed by atoms with Gasteiger partial charge in [0, 0.05) is 25.7 Å². The van der Waals surface area contributed by atoms with Crippen LogP contribution in [0, 0.1) is 0 Å². The molecule has 1 aliphatic heterocycles. The average molecular weight is 357 g/mol. The van der Waals surface area contributed by atoms with Crippen LogP contribution in [0.2, 0.25) is 0 Å². The summed E-state index contributed by atoms with van der Waals surface area (Å²) in [5.74, 6) is 0.0112. The number of nitrogens with one attached hydrogen (secondary N) is 2. The number of piperazine rings is 1.